The number of hydrogen-bond donors (Lipinski definition) is 0. The molecule has 0 radical (unpaired) electrons. The molecule has 0 spiro atoms. The highest BCUT2D eigenvalue weighted by molar-refractivity contribution is 5.93. The molecule has 0 unspecified atom stereocenters. The van der Waals surface area contributed by atoms with E-state index in [1.165, 1.54) is 6.92 Å². The van der Waals surface area contributed by atoms with Crippen LogP contribution in [0.25, 0.3) is 0 Å². The lowest BCUT2D eigenvalue weighted by Crippen LogP contribution is -2.44. The molecule has 1 fully saturated rings. The van der Waals surface area contributed by atoms with Crippen LogP contribution in [0.4, 0.5) is 0 Å². The van der Waals surface area contributed by atoms with Crippen molar-refractivity contribution in [1.82, 2.24) is 4.90 Å². The molecule has 1 rings (SSSR count). The van der Waals surface area contributed by atoms with Crippen molar-refractivity contribution in [1.29, 1.82) is 0 Å². The van der Waals surface area contributed by atoms with Gasteiger partial charge in [-0.25, -0.2) is 4.79 Å². The summed E-state index contributed by atoms with van der Waals surface area (Å²) in [5, 5.41) is 3.59. The van der Waals surface area contributed by atoms with E-state index in [9.17, 15) is 9.59 Å². The Labute approximate surface area is 81.4 Å². The molecule has 1 saturated heterocycles. The SMILES string of the molecule is CC(=O)OCC(=O)ON=C1CN(C)C1. The quantitative estimate of drug-likeness (QED) is 0.345. The van der Waals surface area contributed by atoms with Crippen LogP contribution >= 0.6 is 0 Å². The highest BCUT2D eigenvalue weighted by Gasteiger charge is 2.18. The normalized spacial score (nSPS) is 15.7. The maximum absolute atomic E-state index is 10.9. The summed E-state index contributed by atoms with van der Waals surface area (Å²) in [4.78, 5) is 27.7. The van der Waals surface area contributed by atoms with Crippen LogP contribution in [0.1, 0.15) is 6.92 Å². The Morgan fingerprint density at radius 1 is 1.50 bits per heavy atom. The number of hydrogen-bond acceptors (Lipinski definition) is 6. The third kappa shape index (κ3) is 3.53. The summed E-state index contributed by atoms with van der Waals surface area (Å²) >= 11 is 0. The van der Waals surface area contributed by atoms with Gasteiger partial charge in [-0.1, -0.05) is 5.16 Å². The second kappa shape index (κ2) is 4.71. The minimum atomic E-state index is -0.665. The Morgan fingerprint density at radius 2 is 2.14 bits per heavy atom. The van der Waals surface area contributed by atoms with Crippen LogP contribution < -0.4 is 0 Å². The molecule has 0 amide bonds. The van der Waals surface area contributed by atoms with E-state index in [0.717, 1.165) is 5.71 Å². The first kappa shape index (κ1) is 10.6. The molecule has 1 aliphatic rings. The number of carbonyl (C=O) groups is 2. The second-order valence-electron chi connectivity index (χ2n) is 3.07. The van der Waals surface area contributed by atoms with Gasteiger partial charge in [-0.15, -0.1) is 0 Å². The van der Waals surface area contributed by atoms with E-state index in [2.05, 4.69) is 14.7 Å². The molecule has 0 saturated carbocycles. The van der Waals surface area contributed by atoms with Crippen LogP contribution in [0.2, 0.25) is 0 Å². The average Bonchev–Trinajstić information content (AvgIpc) is 2.07. The zero-order valence-electron chi connectivity index (χ0n) is 8.15. The number of ether oxygens (including phenoxy) is 1. The third-order valence-electron chi connectivity index (χ3n) is 1.57. The van der Waals surface area contributed by atoms with Crippen LogP contribution in [0.3, 0.4) is 0 Å². The van der Waals surface area contributed by atoms with E-state index in [4.69, 9.17) is 0 Å². The number of likely N-dealkylation sites (tertiary alicyclic amines) is 1. The Hall–Kier alpha value is -1.43. The molecule has 0 atom stereocenters. The molecule has 78 valence electrons. The molecule has 14 heavy (non-hydrogen) atoms. The maximum Gasteiger partial charge on any atom is 0.372 e. The Bertz CT molecular complexity index is 267. The number of carbonyl (C=O) groups excluding carboxylic acids is 2. The number of esters is 1. The number of oxime groups is 1. The molecule has 0 aliphatic carbocycles. The van der Waals surface area contributed by atoms with Gasteiger partial charge in [0.2, 0.25) is 0 Å². The Kier molecular flexibility index (Phi) is 3.58. The first-order valence-corrected chi connectivity index (χ1v) is 4.15. The summed E-state index contributed by atoms with van der Waals surface area (Å²) in [5.74, 6) is -1.18. The lowest BCUT2D eigenvalue weighted by atomic mass is 10.2. The molecule has 1 heterocycles. The Balaban J connectivity index is 2.15. The predicted octanol–water partition coefficient (Wildman–Crippen LogP) is -0.606. The summed E-state index contributed by atoms with van der Waals surface area (Å²) < 4.78 is 4.42. The van der Waals surface area contributed by atoms with Crippen LogP contribution in [-0.4, -0.2) is 49.3 Å². The highest BCUT2D eigenvalue weighted by atomic mass is 16.7. The molecular formula is C8H12N2O4. The van der Waals surface area contributed by atoms with Crippen molar-refractivity contribution in [3.8, 4) is 0 Å². The molecular weight excluding hydrogens is 188 g/mol. The first-order valence-electron chi connectivity index (χ1n) is 4.15. The molecule has 0 aromatic heterocycles. The van der Waals surface area contributed by atoms with E-state index < -0.39 is 11.9 Å². The summed E-state index contributed by atoms with van der Waals surface area (Å²) in [7, 11) is 1.93. The van der Waals surface area contributed by atoms with Crippen molar-refractivity contribution in [2.45, 2.75) is 6.92 Å². The lowest BCUT2D eigenvalue weighted by molar-refractivity contribution is -0.157. The smallest absolute Gasteiger partial charge is 0.372 e. The molecule has 0 N–H and O–H groups in total. The number of rotatable bonds is 3. The minimum Gasteiger partial charge on any atom is -0.454 e. The zero-order valence-corrected chi connectivity index (χ0v) is 8.15. The van der Waals surface area contributed by atoms with E-state index >= 15 is 0 Å². The van der Waals surface area contributed by atoms with Gasteiger partial charge >= 0.3 is 11.9 Å². The first-order chi connectivity index (χ1) is 6.58. The predicted molar refractivity (Wildman–Crippen MR) is 47.7 cm³/mol. The van der Waals surface area contributed by atoms with Crippen LogP contribution in [0.15, 0.2) is 5.16 Å². The highest BCUT2D eigenvalue weighted by Crippen LogP contribution is 2.00. The van der Waals surface area contributed by atoms with Gasteiger partial charge in [0.15, 0.2) is 6.61 Å². The van der Waals surface area contributed by atoms with Gasteiger partial charge < -0.3 is 9.57 Å². The summed E-state index contributed by atoms with van der Waals surface area (Å²) in [6, 6.07) is 0. The molecule has 0 aromatic carbocycles. The lowest BCUT2D eigenvalue weighted by Gasteiger charge is -2.26. The second-order valence-corrected chi connectivity index (χ2v) is 3.07. The standard InChI is InChI=1S/C8H12N2O4/c1-6(11)13-5-8(12)14-9-7-3-10(2)4-7/h3-5H2,1-2H3. The van der Waals surface area contributed by atoms with Crippen molar-refractivity contribution < 1.29 is 19.2 Å². The van der Waals surface area contributed by atoms with Crippen molar-refractivity contribution in [2.75, 3.05) is 26.7 Å². The van der Waals surface area contributed by atoms with E-state index in [1.807, 2.05) is 11.9 Å². The van der Waals surface area contributed by atoms with E-state index in [1.54, 1.807) is 0 Å². The largest absolute Gasteiger partial charge is 0.454 e. The zero-order chi connectivity index (χ0) is 10.6. The molecule has 0 aromatic rings. The van der Waals surface area contributed by atoms with Gasteiger partial charge in [0.05, 0.1) is 5.71 Å². The summed E-state index contributed by atoms with van der Waals surface area (Å²) in [6.07, 6.45) is 0. The van der Waals surface area contributed by atoms with Gasteiger partial charge in [-0.05, 0) is 7.05 Å². The fourth-order valence-corrected chi connectivity index (χ4v) is 0.937. The minimum absolute atomic E-state index is 0.387. The molecule has 1 aliphatic heterocycles. The average molecular weight is 200 g/mol. The van der Waals surface area contributed by atoms with Crippen LogP contribution in [0, 0.1) is 0 Å². The van der Waals surface area contributed by atoms with Crippen LogP contribution in [-0.2, 0) is 19.2 Å². The summed E-state index contributed by atoms with van der Waals surface area (Å²) in [6.45, 7) is 2.25. The van der Waals surface area contributed by atoms with Crippen molar-refractivity contribution >= 4 is 17.7 Å². The van der Waals surface area contributed by atoms with Gasteiger partial charge in [0.25, 0.3) is 0 Å². The van der Waals surface area contributed by atoms with E-state index in [-0.39, 0.29) is 6.61 Å². The molecule has 6 heteroatoms. The fourth-order valence-electron chi connectivity index (χ4n) is 0.937. The van der Waals surface area contributed by atoms with Gasteiger partial charge in [0, 0.05) is 20.0 Å². The number of nitrogens with zero attached hydrogens (tertiary/aromatic N) is 2. The Morgan fingerprint density at radius 3 is 2.64 bits per heavy atom. The van der Waals surface area contributed by atoms with Gasteiger partial charge in [-0.2, -0.15) is 0 Å². The van der Waals surface area contributed by atoms with Crippen LogP contribution in [0.5, 0.6) is 0 Å². The van der Waals surface area contributed by atoms with Crippen molar-refractivity contribution in [3.63, 3.8) is 0 Å². The van der Waals surface area contributed by atoms with E-state index in [0.29, 0.717) is 13.1 Å². The molecule has 6 nitrogen and oxygen atoms in total. The summed E-state index contributed by atoms with van der Waals surface area (Å²) in [5.41, 5.74) is 0.809. The third-order valence-corrected chi connectivity index (χ3v) is 1.57. The maximum atomic E-state index is 10.9. The van der Waals surface area contributed by atoms with Crippen molar-refractivity contribution in [3.05, 3.63) is 0 Å². The monoisotopic (exact) mass is 200 g/mol. The molecule has 0 bridgehead atoms. The fraction of sp³-hybridized carbons (Fsp3) is 0.625. The topological polar surface area (TPSA) is 68.2 Å². The van der Waals surface area contributed by atoms with Crippen molar-refractivity contribution in [2.24, 2.45) is 5.16 Å². The van der Waals surface area contributed by atoms with Gasteiger partial charge in [-0.3, -0.25) is 9.69 Å². The van der Waals surface area contributed by atoms with Gasteiger partial charge in [0.1, 0.15) is 0 Å².